The minimum absolute atomic E-state index is 0.210. The monoisotopic (exact) mass is 183 g/mol. The van der Waals surface area contributed by atoms with Gasteiger partial charge >= 0.3 is 0 Å². The van der Waals surface area contributed by atoms with Gasteiger partial charge in [-0.25, -0.2) is 8.42 Å². The highest BCUT2D eigenvalue weighted by Crippen LogP contribution is 2.08. The van der Waals surface area contributed by atoms with Crippen LogP contribution in [0.5, 0.6) is 0 Å². The fourth-order valence-electron chi connectivity index (χ4n) is 0.770. The second kappa shape index (κ2) is 3.06. The lowest BCUT2D eigenvalue weighted by Crippen LogP contribution is -1.96. The van der Waals surface area contributed by atoms with E-state index in [0.29, 0.717) is 5.56 Å². The van der Waals surface area contributed by atoms with Crippen molar-refractivity contribution in [2.45, 2.75) is 4.90 Å². The van der Waals surface area contributed by atoms with Crippen molar-refractivity contribution >= 4 is 16.1 Å². The van der Waals surface area contributed by atoms with Gasteiger partial charge in [-0.2, -0.15) is 0 Å². The van der Waals surface area contributed by atoms with Crippen LogP contribution in [-0.4, -0.2) is 21.0 Å². The Hall–Kier alpha value is -1.16. The first-order chi connectivity index (χ1) is 5.54. The Kier molecular flexibility index (Phi) is 2.28. The Bertz CT molecular complexity index is 375. The Morgan fingerprint density at radius 2 is 1.67 bits per heavy atom. The number of hydrogen-bond acceptors (Lipinski definition) is 3. The highest BCUT2D eigenvalue weighted by atomic mass is 32.2. The molecule has 0 aromatic heterocycles. The van der Waals surface area contributed by atoms with Crippen LogP contribution in [0, 0.1) is 0 Å². The maximum absolute atomic E-state index is 10.9. The van der Waals surface area contributed by atoms with Crippen LogP contribution in [0.15, 0.2) is 29.2 Å². The summed E-state index contributed by atoms with van der Waals surface area (Å²) in [6, 6.07) is 5.61. The number of rotatable bonds is 2. The van der Waals surface area contributed by atoms with Gasteiger partial charge in [0.2, 0.25) is 6.29 Å². The predicted molar refractivity (Wildman–Crippen MR) is 44.3 cm³/mol. The van der Waals surface area contributed by atoms with E-state index in [4.69, 9.17) is 0 Å². The zero-order valence-electron chi connectivity index (χ0n) is 6.44. The maximum atomic E-state index is 10.9. The molecule has 0 aliphatic rings. The van der Waals surface area contributed by atoms with E-state index < -0.39 is 9.84 Å². The van der Waals surface area contributed by atoms with Crippen LogP contribution >= 0.6 is 0 Å². The summed E-state index contributed by atoms with van der Waals surface area (Å²) in [5.41, 5.74) is 0.349. The lowest BCUT2D eigenvalue weighted by molar-refractivity contribution is 0.562. The SMILES string of the molecule is CS(=O)(=O)c1ccc([C]=O)cc1. The van der Waals surface area contributed by atoms with Gasteiger partial charge in [-0.15, -0.1) is 0 Å². The van der Waals surface area contributed by atoms with E-state index in [1.165, 1.54) is 24.3 Å². The molecule has 1 rings (SSSR count). The molecule has 1 radical (unpaired) electrons. The van der Waals surface area contributed by atoms with Gasteiger partial charge in [-0.05, 0) is 24.3 Å². The van der Waals surface area contributed by atoms with E-state index in [0.717, 1.165) is 6.26 Å². The van der Waals surface area contributed by atoms with Crippen LogP contribution in [-0.2, 0) is 14.6 Å². The molecule has 0 amide bonds. The number of benzene rings is 1. The zero-order chi connectivity index (χ0) is 9.19. The van der Waals surface area contributed by atoms with Crippen molar-refractivity contribution in [1.29, 1.82) is 0 Å². The molecule has 0 aliphatic carbocycles. The van der Waals surface area contributed by atoms with E-state index in [-0.39, 0.29) is 4.90 Å². The van der Waals surface area contributed by atoms with Crippen molar-refractivity contribution < 1.29 is 13.2 Å². The molecule has 63 valence electrons. The van der Waals surface area contributed by atoms with Gasteiger partial charge in [-0.3, -0.25) is 4.79 Å². The lowest BCUT2D eigenvalue weighted by atomic mass is 10.2. The first kappa shape index (κ1) is 8.93. The van der Waals surface area contributed by atoms with Crippen molar-refractivity contribution in [3.8, 4) is 0 Å². The van der Waals surface area contributed by atoms with Gasteiger partial charge in [0, 0.05) is 11.8 Å². The van der Waals surface area contributed by atoms with Crippen LogP contribution in [0.3, 0.4) is 0 Å². The quantitative estimate of drug-likeness (QED) is 0.672. The first-order valence-corrected chi connectivity index (χ1v) is 5.11. The summed E-state index contributed by atoms with van der Waals surface area (Å²) in [5.74, 6) is 0. The summed E-state index contributed by atoms with van der Waals surface area (Å²) < 4.78 is 21.9. The molecule has 0 spiro atoms. The second-order valence-electron chi connectivity index (χ2n) is 2.40. The van der Waals surface area contributed by atoms with Crippen molar-refractivity contribution in [3.05, 3.63) is 29.8 Å². The summed E-state index contributed by atoms with van der Waals surface area (Å²) in [5, 5.41) is 0. The molecule has 0 saturated carbocycles. The molecule has 1 aromatic rings. The van der Waals surface area contributed by atoms with Gasteiger partial charge in [0.15, 0.2) is 9.84 Å². The van der Waals surface area contributed by atoms with Crippen molar-refractivity contribution in [2.75, 3.05) is 6.26 Å². The molecule has 3 nitrogen and oxygen atoms in total. The molecule has 0 heterocycles. The zero-order valence-corrected chi connectivity index (χ0v) is 7.26. The van der Waals surface area contributed by atoms with E-state index in [9.17, 15) is 13.2 Å². The third kappa shape index (κ3) is 1.92. The number of hydrogen-bond donors (Lipinski definition) is 0. The van der Waals surface area contributed by atoms with Crippen LogP contribution in [0.2, 0.25) is 0 Å². The van der Waals surface area contributed by atoms with Crippen LogP contribution < -0.4 is 0 Å². The van der Waals surface area contributed by atoms with Crippen LogP contribution in [0.25, 0.3) is 0 Å². The fourth-order valence-corrected chi connectivity index (χ4v) is 1.40. The van der Waals surface area contributed by atoms with Crippen LogP contribution in [0.1, 0.15) is 5.56 Å². The minimum atomic E-state index is -3.16. The summed E-state index contributed by atoms with van der Waals surface area (Å²) in [6.07, 6.45) is 2.78. The predicted octanol–water partition coefficient (Wildman–Crippen LogP) is 0.548. The molecular formula is C8H7O3S. The van der Waals surface area contributed by atoms with E-state index in [1.54, 1.807) is 6.29 Å². The average molecular weight is 183 g/mol. The minimum Gasteiger partial charge on any atom is -0.285 e. The Labute approximate surface area is 70.9 Å². The molecule has 0 N–H and O–H groups in total. The van der Waals surface area contributed by atoms with Crippen molar-refractivity contribution in [3.63, 3.8) is 0 Å². The molecule has 0 aliphatic heterocycles. The molecule has 0 atom stereocenters. The molecule has 12 heavy (non-hydrogen) atoms. The normalized spacial score (nSPS) is 11.1. The van der Waals surface area contributed by atoms with Gasteiger partial charge in [0.1, 0.15) is 0 Å². The third-order valence-corrected chi connectivity index (χ3v) is 2.53. The van der Waals surface area contributed by atoms with Crippen LogP contribution in [0.4, 0.5) is 0 Å². The lowest BCUT2D eigenvalue weighted by Gasteiger charge is -1.96. The van der Waals surface area contributed by atoms with Gasteiger partial charge in [0.05, 0.1) is 4.90 Å². The molecule has 0 saturated heterocycles. The molecule has 0 bridgehead atoms. The maximum Gasteiger partial charge on any atom is 0.233 e. The standard InChI is InChI=1S/C8H7O3S/c1-12(10,11)8-4-2-7(6-9)3-5-8/h2-5H,1H3. The fraction of sp³-hybridized carbons (Fsp3) is 0.125. The molecule has 0 fully saturated rings. The first-order valence-electron chi connectivity index (χ1n) is 3.22. The molecule has 0 unspecified atom stereocenters. The highest BCUT2D eigenvalue weighted by molar-refractivity contribution is 7.90. The second-order valence-corrected chi connectivity index (χ2v) is 4.41. The highest BCUT2D eigenvalue weighted by Gasteiger charge is 2.05. The molecular weight excluding hydrogens is 176 g/mol. The number of sulfone groups is 1. The Morgan fingerprint density at radius 3 is 2.00 bits per heavy atom. The summed E-state index contributed by atoms with van der Waals surface area (Å²) >= 11 is 0. The summed E-state index contributed by atoms with van der Waals surface area (Å²) in [7, 11) is -3.16. The van der Waals surface area contributed by atoms with Gasteiger partial charge < -0.3 is 0 Å². The van der Waals surface area contributed by atoms with Gasteiger partial charge in [0.25, 0.3) is 0 Å². The van der Waals surface area contributed by atoms with E-state index in [2.05, 4.69) is 0 Å². The Balaban J connectivity index is 3.17. The molecule has 4 heteroatoms. The van der Waals surface area contributed by atoms with Crippen molar-refractivity contribution in [2.24, 2.45) is 0 Å². The third-order valence-electron chi connectivity index (χ3n) is 1.40. The number of carbonyl (C=O) groups excluding carboxylic acids is 1. The smallest absolute Gasteiger partial charge is 0.233 e. The van der Waals surface area contributed by atoms with E-state index in [1.807, 2.05) is 0 Å². The summed E-state index contributed by atoms with van der Waals surface area (Å²) in [4.78, 5) is 10.3. The van der Waals surface area contributed by atoms with E-state index >= 15 is 0 Å². The summed E-state index contributed by atoms with van der Waals surface area (Å²) in [6.45, 7) is 0. The van der Waals surface area contributed by atoms with Gasteiger partial charge in [-0.1, -0.05) is 0 Å². The average Bonchev–Trinajstić information content (AvgIpc) is 2.03. The topological polar surface area (TPSA) is 51.2 Å². The largest absolute Gasteiger partial charge is 0.285 e. The Morgan fingerprint density at radius 1 is 1.17 bits per heavy atom. The van der Waals surface area contributed by atoms with Crippen molar-refractivity contribution in [1.82, 2.24) is 0 Å². The molecule has 1 aromatic carbocycles.